The van der Waals surface area contributed by atoms with Gasteiger partial charge >= 0.3 is 5.97 Å². The van der Waals surface area contributed by atoms with Crippen LogP contribution in [0.2, 0.25) is 10.0 Å². The van der Waals surface area contributed by atoms with Crippen molar-refractivity contribution in [2.75, 3.05) is 26.7 Å². The number of nitrogens with zero attached hydrogens (tertiary/aromatic N) is 4. The van der Waals surface area contributed by atoms with Gasteiger partial charge in [0.2, 0.25) is 10.0 Å². The molecule has 0 radical (unpaired) electrons. The molecule has 0 spiro atoms. The lowest BCUT2D eigenvalue weighted by Crippen LogP contribution is -2.39. The number of benzene rings is 3. The van der Waals surface area contributed by atoms with Gasteiger partial charge < -0.3 is 14.6 Å². The fourth-order valence-corrected chi connectivity index (χ4v) is 8.50. The summed E-state index contributed by atoms with van der Waals surface area (Å²) in [5, 5.41) is 3.93. The fraction of sp³-hybridized carbons (Fsp3) is 0.316. The molecular weight excluding hydrogens is 709 g/mol. The number of piperidine rings is 1. The first kappa shape index (κ1) is 35.1. The van der Waals surface area contributed by atoms with E-state index >= 15 is 0 Å². The minimum absolute atomic E-state index is 0.0240. The van der Waals surface area contributed by atoms with Gasteiger partial charge in [-0.15, -0.1) is 0 Å². The normalized spacial score (nSPS) is 15.7. The van der Waals surface area contributed by atoms with E-state index in [-0.39, 0.29) is 35.5 Å². The van der Waals surface area contributed by atoms with E-state index < -0.39 is 21.9 Å². The van der Waals surface area contributed by atoms with Crippen molar-refractivity contribution in [2.24, 2.45) is 0 Å². The molecule has 2 aliphatic rings. The summed E-state index contributed by atoms with van der Waals surface area (Å²) < 4.78 is 35.8. The maximum atomic E-state index is 13.7. The highest BCUT2D eigenvalue weighted by atomic mass is 35.5. The summed E-state index contributed by atoms with van der Waals surface area (Å²) >= 11 is 12.5. The first-order valence-corrected chi connectivity index (χ1v) is 19.2. The monoisotopic (exact) mass is 745 g/mol. The zero-order chi connectivity index (χ0) is 35.7. The molecular formula is C38H37Cl2N5O5S. The smallest absolute Gasteiger partial charge is 0.307 e. The number of methoxy groups -OCH3 is 1. The number of halogens is 2. The predicted octanol–water partition coefficient (Wildman–Crippen LogP) is 7.11. The zero-order valence-electron chi connectivity index (χ0n) is 28.0. The predicted molar refractivity (Wildman–Crippen MR) is 196 cm³/mol. The standard InChI is InChI=1S/C38H37Cl2N5O5S/c1-50-35(46)16-19-41-38(47)33-15-13-31(23-42-33)51(48,49)44-20-17-30(18-21-44)45-34-22-27(8-14-32(34)43-37(45)26-2-3-26)36(24-4-9-28(39)10-5-24)25-6-11-29(40)12-7-25/h4-15,22-23,26,30,36H,2-3,16-21H2,1H3,(H,41,47). The molecule has 1 aliphatic heterocycles. The Morgan fingerprint density at radius 3 is 2.08 bits per heavy atom. The Kier molecular flexibility index (Phi) is 10.2. The maximum absolute atomic E-state index is 13.7. The molecule has 2 aromatic heterocycles. The van der Waals surface area contributed by atoms with Gasteiger partial charge in [0, 0.05) is 53.8 Å². The van der Waals surface area contributed by atoms with E-state index in [1.807, 2.05) is 24.3 Å². The van der Waals surface area contributed by atoms with Gasteiger partial charge in [-0.1, -0.05) is 53.5 Å². The summed E-state index contributed by atoms with van der Waals surface area (Å²) in [7, 11) is -2.56. The SMILES string of the molecule is COC(=O)CCNC(=O)c1ccc(S(=O)(=O)N2CCC(n3c(C4CC4)nc4ccc(C(c5ccc(Cl)cc5)c5ccc(Cl)cc5)cc43)CC2)cn1. The molecule has 0 bridgehead atoms. The summed E-state index contributed by atoms with van der Waals surface area (Å²) in [4.78, 5) is 33.0. The van der Waals surface area contributed by atoms with E-state index in [1.54, 1.807) is 0 Å². The van der Waals surface area contributed by atoms with Crippen LogP contribution in [0.5, 0.6) is 0 Å². The highest BCUT2D eigenvalue weighted by molar-refractivity contribution is 7.89. The number of aromatic nitrogens is 3. The quantitative estimate of drug-likeness (QED) is 0.113. The molecule has 7 rings (SSSR count). The molecule has 264 valence electrons. The van der Waals surface area contributed by atoms with Gasteiger partial charge in [0.05, 0.1) is 24.6 Å². The van der Waals surface area contributed by atoms with Gasteiger partial charge in [-0.05, 0) is 90.9 Å². The third-order valence-corrected chi connectivity index (χ3v) is 12.0. The Morgan fingerprint density at radius 1 is 0.882 bits per heavy atom. The van der Waals surface area contributed by atoms with Crippen molar-refractivity contribution in [2.45, 2.75) is 54.9 Å². The van der Waals surface area contributed by atoms with Crippen LogP contribution in [-0.4, -0.2) is 65.9 Å². The lowest BCUT2D eigenvalue weighted by Gasteiger charge is -2.33. The first-order chi connectivity index (χ1) is 24.6. The lowest BCUT2D eigenvalue weighted by atomic mass is 9.85. The van der Waals surface area contributed by atoms with Crippen LogP contribution in [0.4, 0.5) is 0 Å². The zero-order valence-corrected chi connectivity index (χ0v) is 30.3. The second kappa shape index (κ2) is 14.7. The molecule has 2 fully saturated rings. The molecule has 3 heterocycles. The van der Waals surface area contributed by atoms with Crippen LogP contribution in [0.25, 0.3) is 11.0 Å². The van der Waals surface area contributed by atoms with E-state index in [1.165, 1.54) is 29.7 Å². The number of carbonyl (C=O) groups excluding carboxylic acids is 2. The minimum Gasteiger partial charge on any atom is -0.469 e. The number of rotatable bonds is 11. The van der Waals surface area contributed by atoms with Gasteiger partial charge in [0.15, 0.2) is 0 Å². The molecule has 0 unspecified atom stereocenters. The summed E-state index contributed by atoms with van der Waals surface area (Å²) in [6, 6.07) is 25.2. The van der Waals surface area contributed by atoms with E-state index in [0.717, 1.165) is 46.4 Å². The molecule has 1 aliphatic carbocycles. The summed E-state index contributed by atoms with van der Waals surface area (Å²) in [6.07, 6.45) is 4.67. The van der Waals surface area contributed by atoms with Gasteiger partial charge in [0.1, 0.15) is 16.4 Å². The molecule has 1 N–H and O–H groups in total. The second-order valence-electron chi connectivity index (χ2n) is 13.0. The summed E-state index contributed by atoms with van der Waals surface area (Å²) in [6.45, 7) is 0.762. The highest BCUT2D eigenvalue weighted by Crippen LogP contribution is 2.44. The molecule has 0 atom stereocenters. The van der Waals surface area contributed by atoms with Crippen LogP contribution >= 0.6 is 23.2 Å². The van der Waals surface area contributed by atoms with Crippen LogP contribution in [0.3, 0.4) is 0 Å². The minimum atomic E-state index is -3.84. The molecule has 51 heavy (non-hydrogen) atoms. The average molecular weight is 747 g/mol. The topological polar surface area (TPSA) is 123 Å². The van der Waals surface area contributed by atoms with Crippen LogP contribution in [0, 0.1) is 0 Å². The number of nitrogens with one attached hydrogen (secondary N) is 1. The van der Waals surface area contributed by atoms with Crippen molar-refractivity contribution in [3.8, 4) is 0 Å². The molecule has 13 heteroatoms. The van der Waals surface area contributed by atoms with Crippen LogP contribution in [-0.2, 0) is 19.6 Å². The van der Waals surface area contributed by atoms with Crippen LogP contribution in [0.1, 0.15) is 83.0 Å². The fourth-order valence-electron chi connectivity index (χ4n) is 6.84. The Bertz CT molecular complexity index is 2120. The van der Waals surface area contributed by atoms with Crippen molar-refractivity contribution >= 4 is 56.1 Å². The number of sulfonamides is 1. The summed E-state index contributed by atoms with van der Waals surface area (Å²) in [5.41, 5.74) is 5.37. The number of fused-ring (bicyclic) bond motifs is 1. The number of pyridine rings is 1. The highest BCUT2D eigenvalue weighted by Gasteiger charge is 2.36. The average Bonchev–Trinajstić information content (AvgIpc) is 3.93. The van der Waals surface area contributed by atoms with E-state index in [0.29, 0.717) is 41.9 Å². The number of hydrogen-bond donors (Lipinski definition) is 1. The van der Waals surface area contributed by atoms with Crippen LogP contribution in [0.15, 0.2) is 90.0 Å². The molecule has 3 aromatic carbocycles. The van der Waals surface area contributed by atoms with Crippen molar-refractivity contribution in [3.05, 3.63) is 123 Å². The Hall–Kier alpha value is -4.29. The van der Waals surface area contributed by atoms with E-state index in [9.17, 15) is 18.0 Å². The van der Waals surface area contributed by atoms with Crippen molar-refractivity contribution in [3.63, 3.8) is 0 Å². The van der Waals surface area contributed by atoms with Gasteiger partial charge in [-0.2, -0.15) is 4.31 Å². The first-order valence-electron chi connectivity index (χ1n) is 17.0. The molecule has 1 saturated carbocycles. The molecule has 1 amide bonds. The number of esters is 1. The third-order valence-electron chi connectivity index (χ3n) is 9.66. The van der Waals surface area contributed by atoms with Crippen molar-refractivity contribution in [1.29, 1.82) is 0 Å². The number of carbonyl (C=O) groups is 2. The number of hydrogen-bond acceptors (Lipinski definition) is 7. The van der Waals surface area contributed by atoms with E-state index in [2.05, 4.69) is 62.1 Å². The third kappa shape index (κ3) is 7.53. The Labute approximate surface area is 306 Å². The van der Waals surface area contributed by atoms with Crippen molar-refractivity contribution in [1.82, 2.24) is 24.2 Å². The number of imidazole rings is 1. The van der Waals surface area contributed by atoms with Gasteiger partial charge in [0.25, 0.3) is 5.91 Å². The molecule has 10 nitrogen and oxygen atoms in total. The summed E-state index contributed by atoms with van der Waals surface area (Å²) in [5.74, 6) is 0.462. The van der Waals surface area contributed by atoms with Gasteiger partial charge in [-0.25, -0.2) is 18.4 Å². The molecule has 1 saturated heterocycles. The lowest BCUT2D eigenvalue weighted by molar-refractivity contribution is -0.140. The number of amides is 1. The van der Waals surface area contributed by atoms with E-state index in [4.69, 9.17) is 28.2 Å². The van der Waals surface area contributed by atoms with Crippen molar-refractivity contribution < 1.29 is 22.7 Å². The maximum Gasteiger partial charge on any atom is 0.307 e. The van der Waals surface area contributed by atoms with Gasteiger partial charge in [-0.3, -0.25) is 9.59 Å². The number of ether oxygens (including phenoxy) is 1. The Balaban J connectivity index is 1.12. The van der Waals surface area contributed by atoms with Crippen LogP contribution < -0.4 is 5.32 Å². The molecule has 5 aromatic rings. The second-order valence-corrected chi connectivity index (χ2v) is 15.8. The Morgan fingerprint density at radius 2 is 1.51 bits per heavy atom. The largest absolute Gasteiger partial charge is 0.469 e.